The van der Waals surface area contributed by atoms with Gasteiger partial charge in [0.25, 0.3) is 0 Å². The van der Waals surface area contributed by atoms with Gasteiger partial charge in [0, 0.05) is 19.5 Å². The van der Waals surface area contributed by atoms with Crippen molar-refractivity contribution in [3.05, 3.63) is 57.7 Å². The normalized spacial score (nSPS) is 16.6. The van der Waals surface area contributed by atoms with Gasteiger partial charge in [-0.1, -0.05) is 62.4 Å². The Labute approximate surface area is 277 Å². The summed E-state index contributed by atoms with van der Waals surface area (Å²) in [6, 6.07) is 14.8. The summed E-state index contributed by atoms with van der Waals surface area (Å²) in [5, 5.41) is 12.8. The minimum absolute atomic E-state index is 0.00774. The molecule has 1 aliphatic heterocycles. The summed E-state index contributed by atoms with van der Waals surface area (Å²) in [6.45, 7) is 17.9. The summed E-state index contributed by atoms with van der Waals surface area (Å²) in [5.74, 6) is -0.334. The highest BCUT2D eigenvalue weighted by atomic mass is 32.1. The van der Waals surface area contributed by atoms with E-state index in [1.54, 1.807) is 25.3 Å². The van der Waals surface area contributed by atoms with Crippen LogP contribution in [0, 0.1) is 11.3 Å². The first-order valence-corrected chi connectivity index (χ1v) is 19.8. The second-order valence-electron chi connectivity index (χ2n) is 14.6. The van der Waals surface area contributed by atoms with Crippen molar-refractivity contribution in [2.75, 3.05) is 13.2 Å². The topological polar surface area (TPSA) is 114 Å². The molecule has 248 valence electrons. The fraction of sp³-hybridized carbons (Fsp3) is 0.543. The molecule has 9 nitrogen and oxygen atoms in total. The summed E-state index contributed by atoms with van der Waals surface area (Å²) >= 11 is 1.24. The van der Waals surface area contributed by atoms with Gasteiger partial charge in [0.2, 0.25) is 5.91 Å². The molecule has 2 aromatic carbocycles. The molecule has 3 aromatic rings. The van der Waals surface area contributed by atoms with Crippen LogP contribution in [-0.2, 0) is 26.9 Å². The monoisotopic (exact) mass is 664 g/mol. The van der Waals surface area contributed by atoms with Crippen LogP contribution in [0.2, 0.25) is 18.1 Å². The number of fused-ring (bicyclic) bond motifs is 1. The Morgan fingerprint density at radius 3 is 2.37 bits per heavy atom. The van der Waals surface area contributed by atoms with Crippen molar-refractivity contribution >= 4 is 41.9 Å². The summed E-state index contributed by atoms with van der Waals surface area (Å²) in [6.07, 6.45) is 2.00. The highest BCUT2D eigenvalue weighted by molar-refractivity contribution is 7.16. The molecular formula is C35H48N4O5SSi. The lowest BCUT2D eigenvalue weighted by molar-refractivity contribution is -0.128. The largest absolute Gasteiger partial charge is 0.444 e. The van der Waals surface area contributed by atoms with Crippen LogP contribution >= 0.6 is 11.3 Å². The SMILES string of the molecule is CC(C)(C)OC(=O)N1CCCCC1C(=O)NC(C#N)Cc1ccc(-c2ccc3c(c2)sc(=O)n3CCO[Si](C)(C)C(C)(C)C)cc1. The Morgan fingerprint density at radius 2 is 1.74 bits per heavy atom. The molecule has 0 spiro atoms. The predicted octanol–water partition coefficient (Wildman–Crippen LogP) is 7.09. The van der Waals surface area contributed by atoms with Crippen molar-refractivity contribution in [1.29, 1.82) is 5.26 Å². The summed E-state index contributed by atoms with van der Waals surface area (Å²) < 4.78 is 14.6. The third kappa shape index (κ3) is 8.66. The second-order valence-corrected chi connectivity index (χ2v) is 20.4. The number of carbonyl (C=O) groups excluding carboxylic acids is 2. The van der Waals surface area contributed by atoms with Crippen molar-refractivity contribution in [2.45, 2.75) is 110 Å². The Kier molecular flexibility index (Phi) is 10.9. The lowest BCUT2D eigenvalue weighted by Crippen LogP contribution is -2.54. The summed E-state index contributed by atoms with van der Waals surface area (Å²) in [4.78, 5) is 40.3. The highest BCUT2D eigenvalue weighted by Gasteiger charge is 2.37. The van der Waals surface area contributed by atoms with Gasteiger partial charge < -0.3 is 14.5 Å². The second kappa shape index (κ2) is 14.1. The standard InChI is InChI=1S/C35H48N4O5SSi/c1-34(2,3)44-32(41)38-18-10-9-11-29(38)31(40)37-27(23-36)21-24-12-14-25(15-13-24)26-16-17-28-30(22-26)45-33(42)39(28)19-20-43-46(7,8)35(4,5)6/h12-17,22,27,29H,9-11,18-21H2,1-8H3,(H,37,40). The van der Waals surface area contributed by atoms with Gasteiger partial charge in [-0.05, 0) is 87.0 Å². The first kappa shape index (κ1) is 35.4. The Hall–Kier alpha value is -3.46. The molecule has 1 saturated heterocycles. The molecule has 0 saturated carbocycles. The molecule has 46 heavy (non-hydrogen) atoms. The molecule has 2 atom stereocenters. The number of nitrogens with zero attached hydrogens (tertiary/aromatic N) is 3. The zero-order valence-corrected chi connectivity index (χ0v) is 30.3. The molecule has 0 radical (unpaired) electrons. The molecule has 1 aliphatic rings. The highest BCUT2D eigenvalue weighted by Crippen LogP contribution is 2.36. The summed E-state index contributed by atoms with van der Waals surface area (Å²) in [7, 11) is -1.89. The number of likely N-dealkylation sites (tertiary alicyclic amines) is 1. The molecule has 2 heterocycles. The van der Waals surface area contributed by atoms with Crippen LogP contribution in [0.25, 0.3) is 21.3 Å². The van der Waals surface area contributed by atoms with E-state index >= 15 is 0 Å². The molecule has 0 bridgehead atoms. The lowest BCUT2D eigenvalue weighted by atomic mass is 9.99. The fourth-order valence-corrected chi connectivity index (χ4v) is 7.27. The molecule has 11 heteroatoms. The third-order valence-corrected chi connectivity index (χ3v) is 14.4. The van der Waals surface area contributed by atoms with Crippen molar-refractivity contribution in [2.24, 2.45) is 0 Å². The van der Waals surface area contributed by atoms with Gasteiger partial charge >= 0.3 is 11.0 Å². The van der Waals surface area contributed by atoms with E-state index in [4.69, 9.17) is 9.16 Å². The quantitative estimate of drug-likeness (QED) is 0.244. The minimum Gasteiger partial charge on any atom is -0.444 e. The maximum atomic E-state index is 13.2. The molecule has 1 aromatic heterocycles. The van der Waals surface area contributed by atoms with Crippen molar-refractivity contribution in [1.82, 2.24) is 14.8 Å². The Balaban J connectivity index is 1.40. The van der Waals surface area contributed by atoms with E-state index in [-0.39, 0.29) is 15.8 Å². The van der Waals surface area contributed by atoms with Gasteiger partial charge in [0.05, 0.1) is 22.9 Å². The number of aromatic nitrogens is 1. The number of amides is 2. The third-order valence-electron chi connectivity index (χ3n) is 8.89. The van der Waals surface area contributed by atoms with Crippen LogP contribution in [0.5, 0.6) is 0 Å². The molecule has 0 aliphatic carbocycles. The number of nitrogens with one attached hydrogen (secondary N) is 1. The maximum Gasteiger partial charge on any atom is 0.410 e. The van der Waals surface area contributed by atoms with Crippen LogP contribution in [0.15, 0.2) is 47.3 Å². The van der Waals surface area contributed by atoms with E-state index in [0.29, 0.717) is 32.5 Å². The molecule has 4 rings (SSSR count). The van der Waals surface area contributed by atoms with Crippen molar-refractivity contribution in [3.8, 4) is 17.2 Å². The van der Waals surface area contributed by atoms with Crippen LogP contribution in [0.3, 0.4) is 0 Å². The zero-order chi connectivity index (χ0) is 33.9. The first-order valence-electron chi connectivity index (χ1n) is 16.1. The van der Waals surface area contributed by atoms with E-state index in [9.17, 15) is 19.6 Å². The van der Waals surface area contributed by atoms with Gasteiger partial charge in [-0.25, -0.2) is 4.79 Å². The van der Waals surface area contributed by atoms with Crippen LogP contribution in [0.1, 0.15) is 66.4 Å². The van der Waals surface area contributed by atoms with Crippen molar-refractivity contribution < 1.29 is 18.8 Å². The molecule has 2 amide bonds. The van der Waals surface area contributed by atoms with Gasteiger partial charge in [-0.15, -0.1) is 0 Å². The average molecular weight is 665 g/mol. The van der Waals surface area contributed by atoms with Crippen LogP contribution in [0.4, 0.5) is 4.79 Å². The maximum absolute atomic E-state index is 13.2. The fourth-order valence-electron chi connectivity index (χ4n) is 5.28. The predicted molar refractivity (Wildman–Crippen MR) is 186 cm³/mol. The first-order chi connectivity index (χ1) is 21.5. The molecule has 1 fully saturated rings. The number of rotatable bonds is 9. The summed E-state index contributed by atoms with van der Waals surface area (Å²) in [5.41, 5.74) is 3.14. The van der Waals surface area contributed by atoms with E-state index < -0.39 is 32.1 Å². The number of hydrogen-bond acceptors (Lipinski definition) is 7. The number of benzene rings is 2. The van der Waals surface area contributed by atoms with E-state index in [1.165, 1.54) is 16.2 Å². The number of thiazole rings is 1. The van der Waals surface area contributed by atoms with E-state index in [1.807, 2.05) is 42.5 Å². The van der Waals surface area contributed by atoms with Gasteiger partial charge in [-0.3, -0.25) is 19.1 Å². The number of ether oxygens (including phenoxy) is 1. The Bertz CT molecular complexity index is 1640. The van der Waals surface area contributed by atoms with Gasteiger partial charge in [0.15, 0.2) is 8.32 Å². The minimum atomic E-state index is -1.89. The molecular weight excluding hydrogens is 617 g/mol. The number of piperidine rings is 1. The van der Waals surface area contributed by atoms with Gasteiger partial charge in [0.1, 0.15) is 17.7 Å². The number of nitriles is 1. The van der Waals surface area contributed by atoms with E-state index in [2.05, 4.69) is 45.3 Å². The lowest BCUT2D eigenvalue weighted by Gasteiger charge is -2.36. The number of carbonyl (C=O) groups is 2. The molecule has 1 N–H and O–H groups in total. The average Bonchev–Trinajstić information content (AvgIpc) is 3.29. The zero-order valence-electron chi connectivity index (χ0n) is 28.4. The van der Waals surface area contributed by atoms with Crippen LogP contribution < -0.4 is 10.2 Å². The molecule has 2 unspecified atom stereocenters. The van der Waals surface area contributed by atoms with E-state index in [0.717, 1.165) is 39.7 Å². The van der Waals surface area contributed by atoms with Crippen LogP contribution in [-0.4, -0.2) is 60.6 Å². The van der Waals surface area contributed by atoms with Gasteiger partial charge in [-0.2, -0.15) is 5.26 Å². The smallest absolute Gasteiger partial charge is 0.410 e. The number of hydrogen-bond donors (Lipinski definition) is 1. The Morgan fingerprint density at radius 1 is 1.07 bits per heavy atom. The van der Waals surface area contributed by atoms with Crippen molar-refractivity contribution in [3.63, 3.8) is 0 Å².